The second kappa shape index (κ2) is 9.13. The third-order valence-corrected chi connectivity index (χ3v) is 5.15. The molecule has 0 aromatic heterocycles. The van der Waals surface area contributed by atoms with E-state index in [1.54, 1.807) is 25.3 Å². The van der Waals surface area contributed by atoms with Crippen molar-refractivity contribution in [3.8, 4) is 11.5 Å². The van der Waals surface area contributed by atoms with Crippen molar-refractivity contribution in [1.82, 2.24) is 10.2 Å². The fourth-order valence-electron chi connectivity index (χ4n) is 2.83. The Morgan fingerprint density at radius 1 is 1.14 bits per heavy atom. The maximum absolute atomic E-state index is 12.7. The number of amides is 3. The van der Waals surface area contributed by atoms with E-state index < -0.39 is 6.03 Å². The van der Waals surface area contributed by atoms with Gasteiger partial charge in [0.1, 0.15) is 5.70 Å². The number of methoxy groups -OCH3 is 1. The average molecular weight is 459 g/mol. The van der Waals surface area contributed by atoms with E-state index in [9.17, 15) is 9.59 Å². The molecule has 6 nitrogen and oxygen atoms in total. The summed E-state index contributed by atoms with van der Waals surface area (Å²) in [4.78, 5) is 26.2. The van der Waals surface area contributed by atoms with Gasteiger partial charge in [0.25, 0.3) is 5.91 Å². The highest BCUT2D eigenvalue weighted by Gasteiger charge is 2.33. The molecule has 0 bridgehead atoms. The van der Waals surface area contributed by atoms with Gasteiger partial charge in [0.15, 0.2) is 11.5 Å². The number of carbonyl (C=O) groups excluding carboxylic acids is 2. The number of nitrogens with one attached hydrogen (secondary N) is 1. The van der Waals surface area contributed by atoms with Crippen LogP contribution in [0.1, 0.15) is 31.4 Å². The Balaban J connectivity index is 1.79. The Kier molecular flexibility index (Phi) is 6.59. The molecule has 1 aliphatic heterocycles. The zero-order chi connectivity index (χ0) is 21.0. The lowest BCUT2D eigenvalue weighted by atomic mass is 10.1. The molecule has 1 heterocycles. The lowest BCUT2D eigenvalue weighted by Crippen LogP contribution is -2.30. The second-order valence-electron chi connectivity index (χ2n) is 6.75. The molecule has 0 radical (unpaired) electrons. The molecule has 1 saturated heterocycles. The third-order valence-electron chi connectivity index (χ3n) is 4.62. The van der Waals surface area contributed by atoms with Crippen LogP contribution in [0.4, 0.5) is 4.79 Å². The van der Waals surface area contributed by atoms with Gasteiger partial charge in [-0.25, -0.2) is 4.79 Å². The molecule has 2 aromatic rings. The van der Waals surface area contributed by atoms with E-state index in [1.807, 2.05) is 44.2 Å². The number of hydrogen-bond acceptors (Lipinski definition) is 4. The lowest BCUT2D eigenvalue weighted by molar-refractivity contribution is -0.123. The van der Waals surface area contributed by atoms with E-state index in [4.69, 9.17) is 9.47 Å². The first-order valence-corrected chi connectivity index (χ1v) is 10.1. The number of benzene rings is 2. The number of rotatable bonds is 7. The Morgan fingerprint density at radius 3 is 2.52 bits per heavy atom. The van der Waals surface area contributed by atoms with Crippen LogP contribution >= 0.6 is 15.9 Å². The molecule has 0 saturated carbocycles. The Morgan fingerprint density at radius 2 is 1.86 bits per heavy atom. The highest BCUT2D eigenvalue weighted by molar-refractivity contribution is 9.10. The van der Waals surface area contributed by atoms with Crippen molar-refractivity contribution in [2.75, 3.05) is 7.11 Å². The van der Waals surface area contributed by atoms with Gasteiger partial charge in [-0.15, -0.1) is 0 Å². The fraction of sp³-hybridized carbons (Fsp3) is 0.273. The van der Waals surface area contributed by atoms with Gasteiger partial charge in [-0.3, -0.25) is 9.69 Å². The van der Waals surface area contributed by atoms with Crippen LogP contribution in [-0.4, -0.2) is 30.1 Å². The van der Waals surface area contributed by atoms with E-state index in [0.29, 0.717) is 11.5 Å². The molecule has 7 heteroatoms. The topological polar surface area (TPSA) is 67.9 Å². The van der Waals surface area contributed by atoms with Gasteiger partial charge < -0.3 is 14.8 Å². The number of halogens is 1. The predicted octanol–water partition coefficient (Wildman–Crippen LogP) is 4.73. The zero-order valence-electron chi connectivity index (χ0n) is 16.6. The van der Waals surface area contributed by atoms with Crippen LogP contribution in [0.3, 0.4) is 0 Å². The Bertz CT molecular complexity index is 940. The van der Waals surface area contributed by atoms with E-state index in [2.05, 4.69) is 21.2 Å². The molecule has 29 heavy (non-hydrogen) atoms. The molecule has 152 valence electrons. The monoisotopic (exact) mass is 458 g/mol. The van der Waals surface area contributed by atoms with Gasteiger partial charge in [0.05, 0.1) is 19.8 Å². The highest BCUT2D eigenvalue weighted by Crippen LogP contribution is 2.30. The van der Waals surface area contributed by atoms with Crippen molar-refractivity contribution in [3.05, 3.63) is 63.8 Å². The third kappa shape index (κ3) is 4.98. The van der Waals surface area contributed by atoms with E-state index in [1.165, 1.54) is 4.90 Å². The Hall–Kier alpha value is -2.80. The summed E-state index contributed by atoms with van der Waals surface area (Å²) in [5, 5.41) is 2.64. The molecular weight excluding hydrogens is 436 g/mol. The Labute approximate surface area is 178 Å². The number of imide groups is 1. The summed E-state index contributed by atoms with van der Waals surface area (Å²) in [6.07, 6.45) is 2.58. The molecule has 3 amide bonds. The molecule has 1 unspecified atom stereocenters. The van der Waals surface area contributed by atoms with Gasteiger partial charge in [-0.2, -0.15) is 0 Å². The molecular formula is C22H23BrN2O4. The van der Waals surface area contributed by atoms with Crippen LogP contribution in [0.25, 0.3) is 6.08 Å². The van der Waals surface area contributed by atoms with Crippen LogP contribution in [0, 0.1) is 0 Å². The van der Waals surface area contributed by atoms with Crippen molar-refractivity contribution in [2.45, 2.75) is 32.9 Å². The summed E-state index contributed by atoms with van der Waals surface area (Å²) in [7, 11) is 1.57. The van der Waals surface area contributed by atoms with Crippen molar-refractivity contribution >= 4 is 33.9 Å². The van der Waals surface area contributed by atoms with Crippen LogP contribution in [0.15, 0.2) is 52.6 Å². The molecule has 1 N–H and O–H groups in total. The van der Waals surface area contributed by atoms with Gasteiger partial charge >= 0.3 is 6.03 Å². The molecule has 3 rings (SSSR count). The maximum Gasteiger partial charge on any atom is 0.329 e. The SMILES string of the molecule is CCC(C)Oc1ccc(/C=C2/NC(=O)N(Cc3ccc(Br)cc3)C2=O)cc1OC. The zero-order valence-corrected chi connectivity index (χ0v) is 18.2. The normalized spacial score (nSPS) is 16.1. The van der Waals surface area contributed by atoms with Crippen LogP contribution in [0.5, 0.6) is 11.5 Å². The molecule has 1 fully saturated rings. The van der Waals surface area contributed by atoms with Crippen molar-refractivity contribution in [2.24, 2.45) is 0 Å². The van der Waals surface area contributed by atoms with Crippen molar-refractivity contribution < 1.29 is 19.1 Å². The molecule has 2 aromatic carbocycles. The fourth-order valence-corrected chi connectivity index (χ4v) is 3.09. The van der Waals surface area contributed by atoms with Crippen molar-refractivity contribution in [3.63, 3.8) is 0 Å². The van der Waals surface area contributed by atoms with Crippen LogP contribution < -0.4 is 14.8 Å². The first kappa shape index (κ1) is 20.9. The largest absolute Gasteiger partial charge is 0.493 e. The molecule has 0 aliphatic carbocycles. The van der Waals surface area contributed by atoms with Gasteiger partial charge in [-0.05, 0) is 54.8 Å². The molecule has 1 aliphatic rings. The van der Waals surface area contributed by atoms with E-state index >= 15 is 0 Å². The summed E-state index contributed by atoms with van der Waals surface area (Å²) in [6, 6.07) is 12.5. The van der Waals surface area contributed by atoms with Gasteiger partial charge in [-0.1, -0.05) is 41.1 Å². The molecule has 0 spiro atoms. The minimum atomic E-state index is -0.437. The number of ether oxygens (including phenoxy) is 2. The number of hydrogen-bond donors (Lipinski definition) is 1. The standard InChI is InChI=1S/C22H23BrN2O4/c1-4-14(2)29-19-10-7-16(12-20(19)28-3)11-18-21(26)25(22(27)24-18)13-15-5-8-17(23)9-6-15/h5-12,14H,4,13H2,1-3H3,(H,24,27)/b18-11+. The van der Waals surface area contributed by atoms with Crippen LogP contribution in [0.2, 0.25) is 0 Å². The number of nitrogens with zero attached hydrogens (tertiary/aromatic N) is 1. The smallest absolute Gasteiger partial charge is 0.329 e. The number of urea groups is 1. The molecule has 1 atom stereocenters. The van der Waals surface area contributed by atoms with Gasteiger partial charge in [0, 0.05) is 4.47 Å². The minimum Gasteiger partial charge on any atom is -0.493 e. The summed E-state index contributed by atoms with van der Waals surface area (Å²) in [5.41, 5.74) is 1.82. The summed E-state index contributed by atoms with van der Waals surface area (Å²) >= 11 is 3.37. The summed E-state index contributed by atoms with van der Waals surface area (Å²) in [6.45, 7) is 4.24. The average Bonchev–Trinajstić information content (AvgIpc) is 2.97. The first-order chi connectivity index (χ1) is 13.9. The second-order valence-corrected chi connectivity index (χ2v) is 7.67. The summed E-state index contributed by atoms with van der Waals surface area (Å²) < 4.78 is 12.2. The maximum atomic E-state index is 12.7. The highest BCUT2D eigenvalue weighted by atomic mass is 79.9. The minimum absolute atomic E-state index is 0.0657. The lowest BCUT2D eigenvalue weighted by Gasteiger charge is -2.15. The first-order valence-electron chi connectivity index (χ1n) is 9.35. The van der Waals surface area contributed by atoms with Gasteiger partial charge in [0.2, 0.25) is 0 Å². The summed E-state index contributed by atoms with van der Waals surface area (Å²) in [5.74, 6) is 0.850. The van der Waals surface area contributed by atoms with Crippen LogP contribution in [-0.2, 0) is 11.3 Å². The quantitative estimate of drug-likeness (QED) is 0.480. The van der Waals surface area contributed by atoms with E-state index in [-0.39, 0.29) is 24.3 Å². The predicted molar refractivity (Wildman–Crippen MR) is 115 cm³/mol. The van der Waals surface area contributed by atoms with Crippen molar-refractivity contribution in [1.29, 1.82) is 0 Å². The van der Waals surface area contributed by atoms with E-state index in [0.717, 1.165) is 22.0 Å². The number of carbonyl (C=O) groups is 2.